The van der Waals surface area contributed by atoms with Gasteiger partial charge in [-0.05, 0) is 47.5 Å². The number of hydrogen-bond donors (Lipinski definition) is 1. The van der Waals surface area contributed by atoms with Crippen molar-refractivity contribution in [2.24, 2.45) is 0 Å². The van der Waals surface area contributed by atoms with Gasteiger partial charge in [0.05, 0.1) is 12.2 Å². The van der Waals surface area contributed by atoms with Gasteiger partial charge in [-0.1, -0.05) is 24.3 Å². The Kier molecular flexibility index (Phi) is 6.39. The highest BCUT2D eigenvalue weighted by Crippen LogP contribution is 2.22. The van der Waals surface area contributed by atoms with Crippen molar-refractivity contribution >= 4 is 11.6 Å². The lowest BCUT2D eigenvalue weighted by Crippen LogP contribution is -2.14. The van der Waals surface area contributed by atoms with E-state index in [9.17, 15) is 22.4 Å². The van der Waals surface area contributed by atoms with Crippen LogP contribution in [0.5, 0.6) is 5.88 Å². The summed E-state index contributed by atoms with van der Waals surface area (Å²) in [6, 6.07) is 14.2. The number of nitrogens with one attached hydrogen (secondary N) is 1. The molecule has 33 heavy (non-hydrogen) atoms. The van der Waals surface area contributed by atoms with E-state index in [2.05, 4.69) is 10.4 Å². The van der Waals surface area contributed by atoms with Gasteiger partial charge in [0.25, 0.3) is 5.91 Å². The van der Waals surface area contributed by atoms with Crippen LogP contribution in [0.25, 0.3) is 0 Å². The standard InChI is InChI=1S/C24H17F4N3O2/c25-17-5-1-3-15(9-17)12-31-13-20(23(32)29-22-11-19(27)7-8-21(22)28)24(30-31)33-14-16-4-2-6-18(26)10-16/h1-11,13H,12,14H2,(H,29,32). The first-order chi connectivity index (χ1) is 15.9. The molecule has 4 rings (SSSR count). The van der Waals surface area contributed by atoms with E-state index in [0.29, 0.717) is 11.1 Å². The maximum Gasteiger partial charge on any atom is 0.262 e. The SMILES string of the molecule is O=C(Nc1cc(F)ccc1F)c1cn(Cc2cccc(F)c2)nc1OCc1cccc(F)c1. The number of anilines is 1. The summed E-state index contributed by atoms with van der Waals surface area (Å²) in [6.07, 6.45) is 1.35. The van der Waals surface area contributed by atoms with Crippen molar-refractivity contribution in [2.45, 2.75) is 13.2 Å². The van der Waals surface area contributed by atoms with Crippen molar-refractivity contribution in [3.63, 3.8) is 0 Å². The van der Waals surface area contributed by atoms with Crippen LogP contribution in [0.1, 0.15) is 21.5 Å². The predicted octanol–water partition coefficient (Wildman–Crippen LogP) is 5.32. The van der Waals surface area contributed by atoms with Gasteiger partial charge in [-0.2, -0.15) is 0 Å². The molecule has 0 atom stereocenters. The van der Waals surface area contributed by atoms with Gasteiger partial charge in [0.2, 0.25) is 5.88 Å². The molecule has 0 spiro atoms. The number of rotatable bonds is 7. The van der Waals surface area contributed by atoms with Gasteiger partial charge in [0.15, 0.2) is 0 Å². The Balaban J connectivity index is 1.61. The van der Waals surface area contributed by atoms with E-state index in [0.717, 1.165) is 18.2 Å². The van der Waals surface area contributed by atoms with E-state index >= 15 is 0 Å². The van der Waals surface area contributed by atoms with Crippen LogP contribution in [0.3, 0.4) is 0 Å². The van der Waals surface area contributed by atoms with Crippen LogP contribution in [-0.4, -0.2) is 15.7 Å². The molecule has 9 heteroatoms. The lowest BCUT2D eigenvalue weighted by molar-refractivity contribution is 0.102. The van der Waals surface area contributed by atoms with Gasteiger partial charge < -0.3 is 10.1 Å². The molecule has 1 N–H and O–H groups in total. The Morgan fingerprint density at radius 3 is 2.27 bits per heavy atom. The van der Waals surface area contributed by atoms with Crippen LogP contribution >= 0.6 is 0 Å². The van der Waals surface area contributed by atoms with Crippen LogP contribution in [-0.2, 0) is 13.2 Å². The molecule has 4 aromatic rings. The number of nitrogens with zero attached hydrogens (tertiary/aromatic N) is 2. The first kappa shape index (κ1) is 22.1. The van der Waals surface area contributed by atoms with E-state index in [1.54, 1.807) is 12.1 Å². The third-order valence-electron chi connectivity index (χ3n) is 4.65. The third kappa shape index (κ3) is 5.57. The van der Waals surface area contributed by atoms with Crippen molar-refractivity contribution < 1.29 is 27.1 Å². The van der Waals surface area contributed by atoms with Gasteiger partial charge in [-0.3, -0.25) is 9.48 Å². The molecule has 0 aliphatic heterocycles. The lowest BCUT2D eigenvalue weighted by atomic mass is 10.2. The summed E-state index contributed by atoms with van der Waals surface area (Å²) >= 11 is 0. The zero-order valence-corrected chi connectivity index (χ0v) is 17.1. The van der Waals surface area contributed by atoms with Gasteiger partial charge in [-0.15, -0.1) is 5.10 Å². The maximum atomic E-state index is 14.0. The number of carbonyl (C=O) groups excluding carboxylic acids is 1. The molecule has 0 radical (unpaired) electrons. The Morgan fingerprint density at radius 1 is 0.879 bits per heavy atom. The second-order valence-electron chi connectivity index (χ2n) is 7.17. The summed E-state index contributed by atoms with van der Waals surface area (Å²) in [6.45, 7) is 0.0268. The van der Waals surface area contributed by atoms with Crippen molar-refractivity contribution in [1.82, 2.24) is 9.78 Å². The van der Waals surface area contributed by atoms with E-state index in [1.165, 1.54) is 47.3 Å². The molecule has 5 nitrogen and oxygen atoms in total. The minimum Gasteiger partial charge on any atom is -0.471 e. The molecule has 1 heterocycles. The second kappa shape index (κ2) is 9.56. The number of aromatic nitrogens is 2. The van der Waals surface area contributed by atoms with Crippen LogP contribution in [0.15, 0.2) is 72.9 Å². The summed E-state index contributed by atoms with van der Waals surface area (Å²) < 4.78 is 61.4. The molecule has 1 amide bonds. The average molecular weight is 455 g/mol. The quantitative estimate of drug-likeness (QED) is 0.384. The number of amides is 1. The third-order valence-corrected chi connectivity index (χ3v) is 4.65. The number of hydrogen-bond acceptors (Lipinski definition) is 3. The molecular weight excluding hydrogens is 438 g/mol. The number of ether oxygens (including phenoxy) is 1. The fourth-order valence-corrected chi connectivity index (χ4v) is 3.13. The molecule has 0 saturated heterocycles. The first-order valence-corrected chi connectivity index (χ1v) is 9.83. The molecule has 0 aliphatic carbocycles. The number of halogens is 4. The number of benzene rings is 3. The van der Waals surface area contributed by atoms with Crippen LogP contribution in [0, 0.1) is 23.3 Å². The topological polar surface area (TPSA) is 56.2 Å². The molecule has 168 valence electrons. The Labute approximate surface area is 186 Å². The van der Waals surface area contributed by atoms with Gasteiger partial charge in [0.1, 0.15) is 35.4 Å². The van der Waals surface area contributed by atoms with E-state index < -0.39 is 29.2 Å². The predicted molar refractivity (Wildman–Crippen MR) is 113 cm³/mol. The van der Waals surface area contributed by atoms with E-state index in [1.807, 2.05) is 0 Å². The van der Waals surface area contributed by atoms with Gasteiger partial charge in [-0.25, -0.2) is 17.6 Å². The zero-order valence-electron chi connectivity index (χ0n) is 17.1. The fourth-order valence-electron chi connectivity index (χ4n) is 3.13. The summed E-state index contributed by atoms with van der Waals surface area (Å²) in [4.78, 5) is 12.8. The van der Waals surface area contributed by atoms with Crippen LogP contribution in [0.2, 0.25) is 0 Å². The Morgan fingerprint density at radius 2 is 1.55 bits per heavy atom. The molecular formula is C24H17F4N3O2. The van der Waals surface area contributed by atoms with E-state index in [4.69, 9.17) is 4.74 Å². The minimum absolute atomic E-state index is 0.0635. The van der Waals surface area contributed by atoms with Crippen LogP contribution in [0.4, 0.5) is 23.2 Å². The van der Waals surface area contributed by atoms with Gasteiger partial charge in [0, 0.05) is 12.3 Å². The molecule has 0 aliphatic rings. The number of carbonyl (C=O) groups is 1. The lowest BCUT2D eigenvalue weighted by Gasteiger charge is -2.08. The zero-order chi connectivity index (χ0) is 23.4. The van der Waals surface area contributed by atoms with Gasteiger partial charge >= 0.3 is 0 Å². The van der Waals surface area contributed by atoms with Crippen molar-refractivity contribution in [3.05, 3.63) is 113 Å². The molecule has 0 unspecified atom stereocenters. The van der Waals surface area contributed by atoms with Crippen molar-refractivity contribution in [3.8, 4) is 5.88 Å². The first-order valence-electron chi connectivity index (χ1n) is 9.83. The summed E-state index contributed by atoms with van der Waals surface area (Å²) in [5.41, 5.74) is 0.662. The molecule has 0 saturated carbocycles. The highest BCUT2D eigenvalue weighted by Gasteiger charge is 2.20. The van der Waals surface area contributed by atoms with E-state index in [-0.39, 0.29) is 30.3 Å². The highest BCUT2D eigenvalue weighted by molar-refractivity contribution is 6.05. The normalized spacial score (nSPS) is 10.8. The van der Waals surface area contributed by atoms with Crippen LogP contribution < -0.4 is 10.1 Å². The second-order valence-corrected chi connectivity index (χ2v) is 7.17. The summed E-state index contributed by atoms with van der Waals surface area (Å²) in [5.74, 6) is -3.33. The maximum absolute atomic E-state index is 14.0. The largest absolute Gasteiger partial charge is 0.471 e. The summed E-state index contributed by atoms with van der Waals surface area (Å²) in [7, 11) is 0. The molecule has 3 aromatic carbocycles. The fraction of sp³-hybridized carbons (Fsp3) is 0.0833. The summed E-state index contributed by atoms with van der Waals surface area (Å²) in [5, 5.41) is 6.52. The molecule has 1 aromatic heterocycles. The molecule has 0 bridgehead atoms. The highest BCUT2D eigenvalue weighted by atomic mass is 19.1. The monoisotopic (exact) mass is 455 g/mol. The Hall–Kier alpha value is -4.14. The minimum atomic E-state index is -0.820. The van der Waals surface area contributed by atoms with Crippen molar-refractivity contribution in [2.75, 3.05) is 5.32 Å². The smallest absolute Gasteiger partial charge is 0.262 e. The van der Waals surface area contributed by atoms with Crippen molar-refractivity contribution in [1.29, 1.82) is 0 Å². The average Bonchev–Trinajstić information content (AvgIpc) is 3.17. The Bertz CT molecular complexity index is 1310. The molecule has 0 fully saturated rings.